The van der Waals surface area contributed by atoms with Gasteiger partial charge in [0, 0.05) is 18.8 Å². The molecule has 4 heteroatoms. The van der Waals surface area contributed by atoms with Crippen LogP contribution in [0, 0.1) is 18.6 Å². The van der Waals surface area contributed by atoms with Crippen molar-refractivity contribution in [3.05, 3.63) is 59.2 Å². The Kier molecular flexibility index (Phi) is 4.23. The van der Waals surface area contributed by atoms with Crippen molar-refractivity contribution in [2.75, 3.05) is 17.2 Å². The van der Waals surface area contributed by atoms with Crippen LogP contribution in [0.5, 0.6) is 0 Å². The second-order valence-electron chi connectivity index (χ2n) is 4.77. The van der Waals surface area contributed by atoms with Crippen LogP contribution in [0.2, 0.25) is 0 Å². The normalized spacial score (nSPS) is 10.6. The maximum Gasteiger partial charge on any atom is 0.151 e. The lowest BCUT2D eigenvalue weighted by Gasteiger charge is -2.25. The molecule has 2 N–H and O–H groups in total. The monoisotopic (exact) mass is 276 g/mol. The SMILES string of the molecule is CCN(Cc1ccccc1C)c1c(F)cc(N)cc1F. The second kappa shape index (κ2) is 5.90. The van der Waals surface area contributed by atoms with Crippen LogP contribution in [0.25, 0.3) is 0 Å². The quantitative estimate of drug-likeness (QED) is 0.859. The van der Waals surface area contributed by atoms with Gasteiger partial charge in [0.1, 0.15) is 5.69 Å². The van der Waals surface area contributed by atoms with Crippen molar-refractivity contribution in [3.8, 4) is 0 Å². The van der Waals surface area contributed by atoms with E-state index in [1.807, 2.05) is 38.1 Å². The number of hydrogen-bond acceptors (Lipinski definition) is 2. The molecule has 20 heavy (non-hydrogen) atoms. The van der Waals surface area contributed by atoms with E-state index >= 15 is 0 Å². The number of rotatable bonds is 4. The van der Waals surface area contributed by atoms with Gasteiger partial charge in [0.25, 0.3) is 0 Å². The van der Waals surface area contributed by atoms with Crippen LogP contribution in [0.15, 0.2) is 36.4 Å². The minimum absolute atomic E-state index is 0.0232. The van der Waals surface area contributed by atoms with Gasteiger partial charge in [-0.3, -0.25) is 0 Å². The first-order valence-corrected chi connectivity index (χ1v) is 6.57. The fourth-order valence-corrected chi connectivity index (χ4v) is 2.23. The molecule has 2 nitrogen and oxygen atoms in total. The molecule has 2 aromatic carbocycles. The van der Waals surface area contributed by atoms with Gasteiger partial charge in [0.2, 0.25) is 0 Å². The Morgan fingerprint density at radius 3 is 2.25 bits per heavy atom. The lowest BCUT2D eigenvalue weighted by Crippen LogP contribution is -2.25. The average molecular weight is 276 g/mol. The summed E-state index contributed by atoms with van der Waals surface area (Å²) in [5.41, 5.74) is 7.66. The maximum atomic E-state index is 14.0. The highest BCUT2D eigenvalue weighted by molar-refractivity contribution is 5.56. The van der Waals surface area contributed by atoms with Crippen molar-refractivity contribution in [2.45, 2.75) is 20.4 Å². The average Bonchev–Trinajstić information content (AvgIpc) is 2.38. The largest absolute Gasteiger partial charge is 0.399 e. The smallest absolute Gasteiger partial charge is 0.151 e. The summed E-state index contributed by atoms with van der Waals surface area (Å²) >= 11 is 0. The number of benzene rings is 2. The molecule has 0 atom stereocenters. The highest BCUT2D eigenvalue weighted by Gasteiger charge is 2.17. The molecule has 0 amide bonds. The molecule has 0 bridgehead atoms. The molecule has 0 fully saturated rings. The number of aryl methyl sites for hydroxylation is 1. The molecular weight excluding hydrogens is 258 g/mol. The molecule has 0 aliphatic rings. The number of nitrogens with two attached hydrogens (primary N) is 1. The minimum atomic E-state index is -0.627. The number of halogens is 2. The standard InChI is InChI=1S/C16H18F2N2/c1-3-20(10-12-7-5-4-6-11(12)2)16-14(17)8-13(19)9-15(16)18/h4-9H,3,10,19H2,1-2H3. The van der Waals surface area contributed by atoms with E-state index in [4.69, 9.17) is 5.73 Å². The lowest BCUT2D eigenvalue weighted by molar-refractivity contribution is 0.572. The van der Waals surface area contributed by atoms with E-state index in [-0.39, 0.29) is 11.4 Å². The van der Waals surface area contributed by atoms with Gasteiger partial charge >= 0.3 is 0 Å². The predicted octanol–water partition coefficient (Wildman–Crippen LogP) is 3.88. The van der Waals surface area contributed by atoms with Crippen LogP contribution >= 0.6 is 0 Å². The third-order valence-electron chi connectivity index (χ3n) is 3.36. The van der Waals surface area contributed by atoms with Crippen LogP contribution in [0.1, 0.15) is 18.1 Å². The van der Waals surface area contributed by atoms with Gasteiger partial charge in [0.15, 0.2) is 11.6 Å². The third-order valence-corrected chi connectivity index (χ3v) is 3.36. The van der Waals surface area contributed by atoms with Gasteiger partial charge in [-0.1, -0.05) is 24.3 Å². The molecule has 0 spiro atoms. The summed E-state index contributed by atoms with van der Waals surface area (Å²) in [7, 11) is 0. The van der Waals surface area contributed by atoms with E-state index in [0.717, 1.165) is 23.3 Å². The van der Waals surface area contributed by atoms with Crippen molar-refractivity contribution >= 4 is 11.4 Å². The molecule has 0 aliphatic carbocycles. The first-order valence-electron chi connectivity index (χ1n) is 6.57. The van der Waals surface area contributed by atoms with E-state index in [0.29, 0.717) is 13.1 Å². The maximum absolute atomic E-state index is 14.0. The summed E-state index contributed by atoms with van der Waals surface area (Å²) in [5.74, 6) is -1.25. The van der Waals surface area contributed by atoms with Crippen molar-refractivity contribution in [1.82, 2.24) is 0 Å². The van der Waals surface area contributed by atoms with Crippen molar-refractivity contribution in [3.63, 3.8) is 0 Å². The Hall–Kier alpha value is -2.10. The fourth-order valence-electron chi connectivity index (χ4n) is 2.23. The van der Waals surface area contributed by atoms with Crippen molar-refractivity contribution in [1.29, 1.82) is 0 Å². The molecule has 0 aliphatic heterocycles. The second-order valence-corrected chi connectivity index (χ2v) is 4.77. The summed E-state index contributed by atoms with van der Waals surface area (Å²) in [6.07, 6.45) is 0. The summed E-state index contributed by atoms with van der Waals surface area (Å²) in [6, 6.07) is 10.1. The Morgan fingerprint density at radius 2 is 1.70 bits per heavy atom. The van der Waals surface area contributed by atoms with Gasteiger partial charge in [0.05, 0.1) is 0 Å². The minimum Gasteiger partial charge on any atom is -0.399 e. The number of nitrogens with zero attached hydrogens (tertiary/aromatic N) is 1. The zero-order valence-electron chi connectivity index (χ0n) is 11.7. The molecule has 0 saturated carbocycles. The van der Waals surface area contributed by atoms with Gasteiger partial charge in [-0.15, -0.1) is 0 Å². The van der Waals surface area contributed by atoms with Crippen molar-refractivity contribution < 1.29 is 8.78 Å². The topological polar surface area (TPSA) is 29.3 Å². The molecule has 0 heterocycles. The van der Waals surface area contributed by atoms with Crippen LogP contribution in [0.4, 0.5) is 20.2 Å². The van der Waals surface area contributed by atoms with E-state index in [1.54, 1.807) is 4.90 Å². The Bertz CT molecular complexity index is 588. The summed E-state index contributed by atoms with van der Waals surface area (Å²) in [5, 5.41) is 0. The zero-order chi connectivity index (χ0) is 14.7. The summed E-state index contributed by atoms with van der Waals surface area (Å²) in [6.45, 7) is 4.82. The number of anilines is 2. The molecule has 0 aromatic heterocycles. The Morgan fingerprint density at radius 1 is 1.10 bits per heavy atom. The van der Waals surface area contributed by atoms with Gasteiger partial charge < -0.3 is 10.6 Å². The van der Waals surface area contributed by atoms with Crippen LogP contribution < -0.4 is 10.6 Å². The van der Waals surface area contributed by atoms with Crippen molar-refractivity contribution in [2.24, 2.45) is 0 Å². The molecule has 2 rings (SSSR count). The summed E-state index contributed by atoms with van der Waals surface area (Å²) < 4.78 is 28.0. The molecule has 0 unspecified atom stereocenters. The fraction of sp³-hybridized carbons (Fsp3) is 0.250. The number of nitrogen functional groups attached to an aromatic ring is 1. The zero-order valence-corrected chi connectivity index (χ0v) is 11.7. The molecular formula is C16H18F2N2. The van der Waals surface area contributed by atoms with Gasteiger partial charge in [-0.2, -0.15) is 0 Å². The van der Waals surface area contributed by atoms with Crippen LogP contribution in [-0.4, -0.2) is 6.54 Å². The van der Waals surface area contributed by atoms with E-state index in [2.05, 4.69) is 0 Å². The third kappa shape index (κ3) is 2.90. The Balaban J connectivity index is 2.37. The molecule has 0 saturated heterocycles. The Labute approximate surface area is 117 Å². The molecule has 106 valence electrons. The van der Waals surface area contributed by atoms with E-state index in [9.17, 15) is 8.78 Å². The highest BCUT2D eigenvalue weighted by atomic mass is 19.1. The lowest BCUT2D eigenvalue weighted by atomic mass is 10.1. The first-order chi connectivity index (χ1) is 9.52. The first kappa shape index (κ1) is 14.3. The van der Waals surface area contributed by atoms with Crippen LogP contribution in [0.3, 0.4) is 0 Å². The predicted molar refractivity (Wildman–Crippen MR) is 78.7 cm³/mol. The van der Waals surface area contributed by atoms with Crippen LogP contribution in [-0.2, 0) is 6.54 Å². The summed E-state index contributed by atoms with van der Waals surface area (Å²) in [4.78, 5) is 1.67. The molecule has 2 aromatic rings. The molecule has 0 radical (unpaired) electrons. The highest BCUT2D eigenvalue weighted by Crippen LogP contribution is 2.27. The van der Waals surface area contributed by atoms with Gasteiger partial charge in [-0.05, 0) is 37.1 Å². The number of hydrogen-bond donors (Lipinski definition) is 1. The van der Waals surface area contributed by atoms with E-state index in [1.165, 1.54) is 0 Å². The van der Waals surface area contributed by atoms with Gasteiger partial charge in [-0.25, -0.2) is 8.78 Å². The van der Waals surface area contributed by atoms with E-state index < -0.39 is 11.6 Å².